The lowest BCUT2D eigenvalue weighted by Crippen LogP contribution is -2.47. The number of halogens is 1. The molecule has 2 amide bonds. The van der Waals surface area contributed by atoms with E-state index in [0.717, 1.165) is 42.4 Å². The molecule has 31 heavy (non-hydrogen) atoms. The summed E-state index contributed by atoms with van der Waals surface area (Å²) in [5.41, 5.74) is 3.31. The summed E-state index contributed by atoms with van der Waals surface area (Å²) in [5.74, 6) is 1.66. The Balaban J connectivity index is 1.70. The Morgan fingerprint density at radius 2 is 1.84 bits per heavy atom. The van der Waals surface area contributed by atoms with E-state index in [2.05, 4.69) is 21.6 Å². The zero-order valence-corrected chi connectivity index (χ0v) is 19.9. The maximum atomic E-state index is 13.1. The SMILES string of the molecule is Cc1ccc(CN2CCSCC2)cc1NC(=O)C(NC(=O)c1ccccc1Cl)C(C)C. The van der Waals surface area contributed by atoms with E-state index in [1.807, 2.05) is 44.7 Å². The minimum Gasteiger partial charge on any atom is -0.340 e. The average molecular weight is 460 g/mol. The Labute approximate surface area is 193 Å². The number of anilines is 1. The minimum atomic E-state index is -0.675. The second kappa shape index (κ2) is 11.0. The summed E-state index contributed by atoms with van der Waals surface area (Å²) in [6.45, 7) is 8.85. The lowest BCUT2D eigenvalue weighted by atomic mass is 10.0. The number of nitrogens with zero attached hydrogens (tertiary/aromatic N) is 1. The summed E-state index contributed by atoms with van der Waals surface area (Å²) in [7, 11) is 0. The van der Waals surface area contributed by atoms with Crippen molar-refractivity contribution in [2.24, 2.45) is 5.92 Å². The lowest BCUT2D eigenvalue weighted by Gasteiger charge is -2.26. The van der Waals surface area contributed by atoms with Gasteiger partial charge in [0.2, 0.25) is 5.91 Å². The Bertz CT molecular complexity index is 929. The molecule has 2 aromatic rings. The van der Waals surface area contributed by atoms with E-state index in [1.54, 1.807) is 24.3 Å². The van der Waals surface area contributed by atoms with Crippen molar-refractivity contribution in [2.45, 2.75) is 33.4 Å². The van der Waals surface area contributed by atoms with Crippen LogP contribution in [0.1, 0.15) is 35.3 Å². The maximum absolute atomic E-state index is 13.1. The van der Waals surface area contributed by atoms with Crippen LogP contribution in [0, 0.1) is 12.8 Å². The van der Waals surface area contributed by atoms with Gasteiger partial charge in [0.1, 0.15) is 6.04 Å². The van der Waals surface area contributed by atoms with Gasteiger partial charge < -0.3 is 10.6 Å². The van der Waals surface area contributed by atoms with Crippen LogP contribution in [0.4, 0.5) is 5.69 Å². The fourth-order valence-corrected chi connectivity index (χ4v) is 4.73. The van der Waals surface area contributed by atoms with E-state index in [4.69, 9.17) is 11.6 Å². The molecule has 2 aromatic carbocycles. The van der Waals surface area contributed by atoms with E-state index >= 15 is 0 Å². The van der Waals surface area contributed by atoms with Crippen LogP contribution < -0.4 is 10.6 Å². The molecule has 1 atom stereocenters. The summed E-state index contributed by atoms with van der Waals surface area (Å²) < 4.78 is 0. The first-order chi connectivity index (χ1) is 14.8. The zero-order valence-electron chi connectivity index (χ0n) is 18.3. The largest absolute Gasteiger partial charge is 0.340 e. The maximum Gasteiger partial charge on any atom is 0.253 e. The number of rotatable bonds is 7. The number of thioether (sulfide) groups is 1. The number of aryl methyl sites for hydroxylation is 1. The smallest absolute Gasteiger partial charge is 0.253 e. The molecule has 0 radical (unpaired) electrons. The van der Waals surface area contributed by atoms with E-state index in [-0.39, 0.29) is 17.7 Å². The van der Waals surface area contributed by atoms with Crippen LogP contribution in [0.5, 0.6) is 0 Å². The zero-order chi connectivity index (χ0) is 22.4. The predicted molar refractivity (Wildman–Crippen MR) is 130 cm³/mol. The molecule has 1 aliphatic rings. The number of hydrogen-bond donors (Lipinski definition) is 2. The molecule has 0 aromatic heterocycles. The molecule has 0 aliphatic carbocycles. The highest BCUT2D eigenvalue weighted by atomic mass is 35.5. The molecule has 1 aliphatic heterocycles. The average Bonchev–Trinajstić information content (AvgIpc) is 2.75. The van der Waals surface area contributed by atoms with E-state index in [1.165, 1.54) is 5.56 Å². The topological polar surface area (TPSA) is 61.4 Å². The third-order valence-electron chi connectivity index (χ3n) is 5.42. The number of nitrogens with one attached hydrogen (secondary N) is 2. The fraction of sp³-hybridized carbons (Fsp3) is 0.417. The number of carbonyl (C=O) groups excluding carboxylic acids is 2. The quantitative estimate of drug-likeness (QED) is 0.635. The van der Waals surface area contributed by atoms with Crippen molar-refractivity contribution in [1.29, 1.82) is 0 Å². The van der Waals surface area contributed by atoms with Crippen molar-refractivity contribution in [3.05, 3.63) is 64.2 Å². The second-order valence-corrected chi connectivity index (χ2v) is 9.83. The first kappa shape index (κ1) is 23.6. The predicted octanol–water partition coefficient (Wildman–Crippen LogP) is 4.59. The molecular weight excluding hydrogens is 430 g/mol. The normalized spacial score (nSPS) is 15.5. The molecule has 2 N–H and O–H groups in total. The summed E-state index contributed by atoms with van der Waals surface area (Å²) in [6, 6.07) is 12.4. The standard InChI is InChI=1S/C24H30ClN3O2S/c1-16(2)22(27-23(29)19-6-4-5-7-20(19)25)24(30)26-21-14-18(9-8-17(21)3)15-28-10-12-31-13-11-28/h4-9,14,16,22H,10-13,15H2,1-3H3,(H,26,30)(H,27,29). The molecular formula is C24H30ClN3O2S. The van der Waals surface area contributed by atoms with Gasteiger partial charge in [-0.25, -0.2) is 0 Å². The molecule has 5 nitrogen and oxygen atoms in total. The minimum absolute atomic E-state index is 0.0826. The van der Waals surface area contributed by atoms with E-state index in [9.17, 15) is 9.59 Å². The van der Waals surface area contributed by atoms with Crippen LogP contribution >= 0.6 is 23.4 Å². The third kappa shape index (κ3) is 6.48. The molecule has 0 spiro atoms. The van der Waals surface area contributed by atoms with Crippen LogP contribution in [0.2, 0.25) is 5.02 Å². The molecule has 1 saturated heterocycles. The molecule has 3 rings (SSSR count). The highest BCUT2D eigenvalue weighted by Crippen LogP contribution is 2.21. The Morgan fingerprint density at radius 1 is 1.13 bits per heavy atom. The van der Waals surface area contributed by atoms with Crippen LogP contribution in [0.3, 0.4) is 0 Å². The number of benzene rings is 2. The summed E-state index contributed by atoms with van der Waals surface area (Å²) in [6.07, 6.45) is 0. The van der Waals surface area contributed by atoms with Crippen LogP contribution in [0.15, 0.2) is 42.5 Å². The molecule has 1 heterocycles. The molecule has 1 unspecified atom stereocenters. The molecule has 0 saturated carbocycles. The highest BCUT2D eigenvalue weighted by Gasteiger charge is 2.26. The number of hydrogen-bond acceptors (Lipinski definition) is 4. The van der Waals surface area contributed by atoms with Crippen LogP contribution in [-0.4, -0.2) is 47.4 Å². The van der Waals surface area contributed by atoms with Crippen LogP contribution in [0.25, 0.3) is 0 Å². The van der Waals surface area contributed by atoms with Crippen molar-refractivity contribution >= 4 is 40.9 Å². The molecule has 1 fully saturated rings. The second-order valence-electron chi connectivity index (χ2n) is 8.20. The van der Waals surface area contributed by atoms with Crippen molar-refractivity contribution in [3.8, 4) is 0 Å². The molecule has 0 bridgehead atoms. The van der Waals surface area contributed by atoms with Gasteiger partial charge in [-0.3, -0.25) is 14.5 Å². The van der Waals surface area contributed by atoms with Crippen LogP contribution in [-0.2, 0) is 11.3 Å². The number of amides is 2. The summed E-state index contributed by atoms with van der Waals surface area (Å²) >= 11 is 8.13. The van der Waals surface area contributed by atoms with Gasteiger partial charge in [0.05, 0.1) is 10.6 Å². The van der Waals surface area contributed by atoms with Gasteiger partial charge in [-0.05, 0) is 42.2 Å². The van der Waals surface area contributed by atoms with Crippen molar-refractivity contribution < 1.29 is 9.59 Å². The van der Waals surface area contributed by atoms with Gasteiger partial charge in [0.25, 0.3) is 5.91 Å². The Morgan fingerprint density at radius 3 is 2.52 bits per heavy atom. The van der Waals surface area contributed by atoms with Gasteiger partial charge in [-0.1, -0.05) is 49.7 Å². The van der Waals surface area contributed by atoms with Crippen molar-refractivity contribution in [2.75, 3.05) is 29.9 Å². The molecule has 166 valence electrons. The fourth-order valence-electron chi connectivity index (χ4n) is 3.53. The van der Waals surface area contributed by atoms with Crippen molar-refractivity contribution in [1.82, 2.24) is 10.2 Å². The Hall–Kier alpha value is -2.02. The van der Waals surface area contributed by atoms with Gasteiger partial charge in [0, 0.05) is 36.8 Å². The Kier molecular flexibility index (Phi) is 8.41. The third-order valence-corrected chi connectivity index (χ3v) is 6.70. The number of carbonyl (C=O) groups is 2. The summed E-state index contributed by atoms with van der Waals surface area (Å²) in [4.78, 5) is 28.2. The summed E-state index contributed by atoms with van der Waals surface area (Å²) in [5, 5.41) is 6.24. The first-order valence-corrected chi connectivity index (χ1v) is 12.1. The van der Waals surface area contributed by atoms with Gasteiger partial charge in [0.15, 0.2) is 0 Å². The van der Waals surface area contributed by atoms with E-state index in [0.29, 0.717) is 10.6 Å². The van der Waals surface area contributed by atoms with Gasteiger partial charge >= 0.3 is 0 Å². The van der Waals surface area contributed by atoms with E-state index < -0.39 is 6.04 Å². The highest BCUT2D eigenvalue weighted by molar-refractivity contribution is 7.99. The first-order valence-electron chi connectivity index (χ1n) is 10.6. The van der Waals surface area contributed by atoms with Gasteiger partial charge in [-0.15, -0.1) is 0 Å². The monoisotopic (exact) mass is 459 g/mol. The lowest BCUT2D eigenvalue weighted by molar-refractivity contribution is -0.118. The van der Waals surface area contributed by atoms with Crippen molar-refractivity contribution in [3.63, 3.8) is 0 Å². The van der Waals surface area contributed by atoms with Gasteiger partial charge in [-0.2, -0.15) is 11.8 Å². The molecule has 7 heteroatoms.